The van der Waals surface area contributed by atoms with Gasteiger partial charge < -0.3 is 5.32 Å². The van der Waals surface area contributed by atoms with E-state index < -0.39 is 0 Å². The van der Waals surface area contributed by atoms with E-state index >= 15 is 0 Å². The van der Waals surface area contributed by atoms with Crippen LogP contribution in [0.4, 0.5) is 5.69 Å². The summed E-state index contributed by atoms with van der Waals surface area (Å²) in [6.45, 7) is 6.50. The van der Waals surface area contributed by atoms with Gasteiger partial charge in [0, 0.05) is 12.2 Å². The Morgan fingerprint density at radius 3 is 2.62 bits per heavy atom. The predicted octanol–water partition coefficient (Wildman–Crippen LogP) is 3.98. The van der Waals surface area contributed by atoms with E-state index in [0.29, 0.717) is 10.0 Å². The summed E-state index contributed by atoms with van der Waals surface area (Å²) >= 11 is 11.6. The Labute approximate surface area is 88.4 Å². The van der Waals surface area contributed by atoms with Crippen LogP contribution in [-0.4, -0.2) is 6.54 Å². The van der Waals surface area contributed by atoms with E-state index in [4.69, 9.17) is 23.2 Å². The summed E-state index contributed by atoms with van der Waals surface area (Å²) in [4.78, 5) is 0. The van der Waals surface area contributed by atoms with Crippen molar-refractivity contribution in [3.8, 4) is 0 Å². The lowest BCUT2D eigenvalue weighted by Gasteiger charge is -2.06. The van der Waals surface area contributed by atoms with Crippen LogP contribution in [0, 0.1) is 0 Å². The minimum absolute atomic E-state index is 0.563. The molecule has 0 saturated heterocycles. The zero-order valence-corrected chi connectivity index (χ0v) is 8.91. The SMILES string of the molecule is C=C(C)CNc1ccc(Cl)c(Cl)c1. The summed E-state index contributed by atoms with van der Waals surface area (Å²) in [6.07, 6.45) is 0. The monoisotopic (exact) mass is 215 g/mol. The molecule has 0 radical (unpaired) electrons. The number of nitrogens with one attached hydrogen (secondary N) is 1. The molecule has 13 heavy (non-hydrogen) atoms. The number of benzene rings is 1. The molecule has 0 aliphatic carbocycles. The highest BCUT2D eigenvalue weighted by atomic mass is 35.5. The average Bonchev–Trinajstić information content (AvgIpc) is 2.07. The molecule has 1 N–H and O–H groups in total. The lowest BCUT2D eigenvalue weighted by atomic mass is 10.3. The van der Waals surface area contributed by atoms with Gasteiger partial charge in [-0.1, -0.05) is 35.4 Å². The highest BCUT2D eigenvalue weighted by Crippen LogP contribution is 2.24. The van der Waals surface area contributed by atoms with Gasteiger partial charge >= 0.3 is 0 Å². The molecule has 1 aromatic carbocycles. The van der Waals surface area contributed by atoms with Crippen LogP contribution < -0.4 is 5.32 Å². The standard InChI is InChI=1S/C10H11Cl2N/c1-7(2)6-13-8-3-4-9(11)10(12)5-8/h3-5,13H,1,6H2,2H3. The van der Waals surface area contributed by atoms with E-state index in [9.17, 15) is 0 Å². The third-order valence-corrected chi connectivity index (χ3v) is 2.25. The maximum Gasteiger partial charge on any atom is 0.0612 e. The molecule has 0 heterocycles. The quantitative estimate of drug-likeness (QED) is 0.753. The molecule has 70 valence electrons. The number of halogens is 2. The molecule has 0 atom stereocenters. The average molecular weight is 216 g/mol. The van der Waals surface area contributed by atoms with Crippen molar-refractivity contribution in [2.45, 2.75) is 6.92 Å². The Hall–Kier alpha value is -0.660. The smallest absolute Gasteiger partial charge is 0.0612 e. The van der Waals surface area contributed by atoms with E-state index in [1.807, 2.05) is 13.0 Å². The molecular weight excluding hydrogens is 205 g/mol. The molecule has 0 aliphatic heterocycles. The van der Waals surface area contributed by atoms with Crippen LogP contribution in [-0.2, 0) is 0 Å². The summed E-state index contributed by atoms with van der Waals surface area (Å²) in [5.74, 6) is 0. The van der Waals surface area contributed by atoms with Gasteiger partial charge in [-0.25, -0.2) is 0 Å². The third kappa shape index (κ3) is 3.29. The van der Waals surface area contributed by atoms with Crippen LogP contribution in [0.15, 0.2) is 30.4 Å². The molecule has 0 aromatic heterocycles. The highest BCUT2D eigenvalue weighted by Gasteiger charge is 1.98. The van der Waals surface area contributed by atoms with Crippen molar-refractivity contribution in [3.05, 3.63) is 40.4 Å². The van der Waals surface area contributed by atoms with Gasteiger partial charge in [-0.2, -0.15) is 0 Å². The van der Waals surface area contributed by atoms with Gasteiger partial charge in [-0.3, -0.25) is 0 Å². The topological polar surface area (TPSA) is 12.0 Å². The zero-order chi connectivity index (χ0) is 9.84. The second-order valence-corrected chi connectivity index (χ2v) is 3.75. The predicted molar refractivity (Wildman–Crippen MR) is 59.8 cm³/mol. The fraction of sp³-hybridized carbons (Fsp3) is 0.200. The maximum absolute atomic E-state index is 5.83. The Bertz CT molecular complexity index is 321. The van der Waals surface area contributed by atoms with Crippen molar-refractivity contribution in [1.29, 1.82) is 0 Å². The summed E-state index contributed by atoms with van der Waals surface area (Å²) in [5, 5.41) is 4.30. The molecule has 0 amide bonds. The number of hydrogen-bond donors (Lipinski definition) is 1. The molecule has 0 aliphatic rings. The molecule has 0 saturated carbocycles. The van der Waals surface area contributed by atoms with E-state index in [2.05, 4.69) is 11.9 Å². The van der Waals surface area contributed by atoms with Crippen molar-refractivity contribution < 1.29 is 0 Å². The van der Waals surface area contributed by atoms with Crippen molar-refractivity contribution in [1.82, 2.24) is 0 Å². The van der Waals surface area contributed by atoms with Crippen LogP contribution >= 0.6 is 23.2 Å². The molecule has 1 nitrogen and oxygen atoms in total. The Kier molecular flexibility index (Phi) is 3.64. The minimum atomic E-state index is 0.563. The second-order valence-electron chi connectivity index (χ2n) is 2.94. The summed E-state index contributed by atoms with van der Waals surface area (Å²) in [6, 6.07) is 5.45. The third-order valence-electron chi connectivity index (χ3n) is 1.51. The summed E-state index contributed by atoms with van der Waals surface area (Å²) < 4.78 is 0. The molecule has 3 heteroatoms. The van der Waals surface area contributed by atoms with Gasteiger partial charge in [0.1, 0.15) is 0 Å². The van der Waals surface area contributed by atoms with Gasteiger partial charge in [0.25, 0.3) is 0 Å². The van der Waals surface area contributed by atoms with E-state index in [1.165, 1.54) is 0 Å². The lowest BCUT2D eigenvalue weighted by Crippen LogP contribution is -2.01. The fourth-order valence-electron chi connectivity index (χ4n) is 0.859. The first-order chi connectivity index (χ1) is 6.09. The normalized spacial score (nSPS) is 9.77. The first kappa shape index (κ1) is 10.4. The van der Waals surface area contributed by atoms with Gasteiger partial charge in [-0.05, 0) is 25.1 Å². The highest BCUT2D eigenvalue weighted by molar-refractivity contribution is 6.42. The van der Waals surface area contributed by atoms with Crippen molar-refractivity contribution >= 4 is 28.9 Å². The van der Waals surface area contributed by atoms with E-state index in [0.717, 1.165) is 17.8 Å². The molecule has 0 bridgehead atoms. The summed E-state index contributed by atoms with van der Waals surface area (Å²) in [5.41, 5.74) is 2.03. The zero-order valence-electron chi connectivity index (χ0n) is 7.40. The number of rotatable bonds is 3. The van der Waals surface area contributed by atoms with Crippen LogP contribution in [0.3, 0.4) is 0 Å². The Morgan fingerprint density at radius 2 is 2.08 bits per heavy atom. The number of hydrogen-bond acceptors (Lipinski definition) is 1. The van der Waals surface area contributed by atoms with Crippen LogP contribution in [0.25, 0.3) is 0 Å². The lowest BCUT2D eigenvalue weighted by molar-refractivity contribution is 1.22. The molecule has 0 spiro atoms. The molecule has 1 rings (SSSR count). The van der Waals surface area contributed by atoms with Gasteiger partial charge in [-0.15, -0.1) is 0 Å². The van der Waals surface area contributed by atoms with Crippen LogP contribution in [0.5, 0.6) is 0 Å². The summed E-state index contributed by atoms with van der Waals surface area (Å²) in [7, 11) is 0. The van der Waals surface area contributed by atoms with Crippen molar-refractivity contribution in [3.63, 3.8) is 0 Å². The van der Waals surface area contributed by atoms with Gasteiger partial charge in [0.2, 0.25) is 0 Å². The second kappa shape index (κ2) is 4.54. The van der Waals surface area contributed by atoms with E-state index in [1.54, 1.807) is 12.1 Å². The first-order valence-corrected chi connectivity index (χ1v) is 4.68. The Balaban J connectivity index is 2.68. The largest absolute Gasteiger partial charge is 0.381 e. The van der Waals surface area contributed by atoms with Gasteiger partial charge in [0.15, 0.2) is 0 Å². The Morgan fingerprint density at radius 1 is 1.38 bits per heavy atom. The fourth-order valence-corrected chi connectivity index (χ4v) is 1.16. The van der Waals surface area contributed by atoms with Crippen molar-refractivity contribution in [2.24, 2.45) is 0 Å². The molecule has 0 unspecified atom stereocenters. The number of anilines is 1. The van der Waals surface area contributed by atoms with Crippen LogP contribution in [0.2, 0.25) is 10.0 Å². The molecule has 1 aromatic rings. The minimum Gasteiger partial charge on any atom is -0.381 e. The first-order valence-electron chi connectivity index (χ1n) is 3.93. The van der Waals surface area contributed by atoms with Crippen molar-refractivity contribution in [2.75, 3.05) is 11.9 Å². The van der Waals surface area contributed by atoms with Gasteiger partial charge in [0.05, 0.1) is 10.0 Å². The molecule has 0 fully saturated rings. The van der Waals surface area contributed by atoms with Crippen LogP contribution in [0.1, 0.15) is 6.92 Å². The molecular formula is C10H11Cl2N. The van der Waals surface area contributed by atoms with E-state index in [-0.39, 0.29) is 0 Å². The maximum atomic E-state index is 5.83.